The van der Waals surface area contributed by atoms with Crippen LogP contribution in [-0.4, -0.2) is 4.98 Å². The number of hydrogen-bond acceptors (Lipinski definition) is 1. The summed E-state index contributed by atoms with van der Waals surface area (Å²) >= 11 is 0. The molecule has 1 aromatic rings. The van der Waals surface area contributed by atoms with E-state index in [0.29, 0.717) is 0 Å². The van der Waals surface area contributed by atoms with Crippen molar-refractivity contribution >= 4 is 5.57 Å². The third-order valence-corrected chi connectivity index (χ3v) is 2.30. The van der Waals surface area contributed by atoms with Gasteiger partial charge in [-0.15, -0.1) is 0 Å². The summed E-state index contributed by atoms with van der Waals surface area (Å²) in [5.74, 6) is 0.789. The highest BCUT2D eigenvalue weighted by molar-refractivity contribution is 5.61. The zero-order valence-electron chi connectivity index (χ0n) is 7.38. The lowest BCUT2D eigenvalue weighted by atomic mass is 10.1. The minimum atomic E-state index is 0.789. The molecule has 1 aliphatic rings. The molecule has 0 atom stereocenters. The Balaban J connectivity index is 2.32. The van der Waals surface area contributed by atoms with Crippen molar-refractivity contribution in [3.8, 4) is 0 Å². The molecule has 0 spiro atoms. The smallest absolute Gasteiger partial charge is 0.0342 e. The molecule has 1 saturated carbocycles. The van der Waals surface area contributed by atoms with Crippen LogP contribution in [0.1, 0.15) is 36.8 Å². The first-order chi connectivity index (χ1) is 5.77. The molecule has 1 nitrogen and oxygen atoms in total. The van der Waals surface area contributed by atoms with E-state index in [9.17, 15) is 0 Å². The fraction of sp³-hybridized carbons (Fsp3) is 0.364. The van der Waals surface area contributed by atoms with Crippen molar-refractivity contribution < 1.29 is 0 Å². The first-order valence-electron chi connectivity index (χ1n) is 4.38. The summed E-state index contributed by atoms with van der Waals surface area (Å²) in [5.41, 5.74) is 3.67. The average Bonchev–Trinajstić information content (AvgIpc) is 2.87. The fourth-order valence-electron chi connectivity index (χ4n) is 1.33. The number of hydrogen-bond donors (Lipinski definition) is 0. The maximum Gasteiger partial charge on any atom is 0.0342 e. The first kappa shape index (κ1) is 7.53. The second-order valence-corrected chi connectivity index (χ2v) is 3.56. The molecule has 0 amide bonds. The van der Waals surface area contributed by atoms with Crippen LogP contribution in [-0.2, 0) is 0 Å². The summed E-state index contributed by atoms with van der Waals surface area (Å²) < 4.78 is 0. The molecule has 12 heavy (non-hydrogen) atoms. The molecular weight excluding hydrogens is 146 g/mol. The summed E-state index contributed by atoms with van der Waals surface area (Å²) in [6.45, 7) is 5.93. The minimum absolute atomic E-state index is 0.789. The van der Waals surface area contributed by atoms with E-state index in [4.69, 9.17) is 0 Å². The zero-order valence-corrected chi connectivity index (χ0v) is 7.38. The molecule has 2 rings (SSSR count). The largest absolute Gasteiger partial charge is 0.264 e. The van der Waals surface area contributed by atoms with Gasteiger partial charge in [-0.05, 0) is 48.4 Å². The molecule has 0 radical (unpaired) electrons. The van der Waals surface area contributed by atoms with Gasteiger partial charge in [0.05, 0.1) is 0 Å². The lowest BCUT2D eigenvalue weighted by Crippen LogP contribution is -1.85. The lowest BCUT2D eigenvalue weighted by Gasteiger charge is -2.01. The summed E-state index contributed by atoms with van der Waals surface area (Å²) in [4.78, 5) is 4.21. The summed E-state index contributed by atoms with van der Waals surface area (Å²) in [7, 11) is 0. The van der Waals surface area contributed by atoms with E-state index >= 15 is 0 Å². The molecule has 0 saturated heterocycles. The van der Waals surface area contributed by atoms with E-state index < -0.39 is 0 Å². The van der Waals surface area contributed by atoms with Gasteiger partial charge in [0.1, 0.15) is 0 Å². The lowest BCUT2D eigenvalue weighted by molar-refractivity contribution is 1.09. The second-order valence-electron chi connectivity index (χ2n) is 3.56. The van der Waals surface area contributed by atoms with Crippen molar-refractivity contribution in [2.45, 2.75) is 25.7 Å². The Morgan fingerprint density at radius 2 is 2.25 bits per heavy atom. The van der Waals surface area contributed by atoms with E-state index in [1.165, 1.54) is 24.0 Å². The normalized spacial score (nSPS) is 16.1. The third kappa shape index (κ3) is 1.40. The Kier molecular flexibility index (Phi) is 1.72. The van der Waals surface area contributed by atoms with Gasteiger partial charge in [-0.2, -0.15) is 0 Å². The highest BCUT2D eigenvalue weighted by atomic mass is 14.6. The zero-order chi connectivity index (χ0) is 8.55. The molecule has 0 bridgehead atoms. The monoisotopic (exact) mass is 159 g/mol. The van der Waals surface area contributed by atoms with Crippen molar-refractivity contribution in [3.63, 3.8) is 0 Å². The van der Waals surface area contributed by atoms with Gasteiger partial charge in [0, 0.05) is 12.4 Å². The van der Waals surface area contributed by atoms with Crippen molar-refractivity contribution in [1.29, 1.82) is 0 Å². The molecule has 62 valence electrons. The van der Waals surface area contributed by atoms with E-state index in [1.54, 1.807) is 0 Å². The van der Waals surface area contributed by atoms with Crippen molar-refractivity contribution in [2.24, 2.45) is 0 Å². The number of allylic oxidation sites excluding steroid dienone is 1. The van der Waals surface area contributed by atoms with Gasteiger partial charge in [0.25, 0.3) is 0 Å². The summed E-state index contributed by atoms with van der Waals surface area (Å²) in [5, 5.41) is 0. The number of nitrogens with zero attached hydrogens (tertiary/aromatic N) is 1. The molecule has 1 aromatic heterocycles. The molecule has 0 unspecified atom stereocenters. The van der Waals surface area contributed by atoms with E-state index in [1.807, 2.05) is 19.3 Å². The second kappa shape index (κ2) is 2.74. The van der Waals surface area contributed by atoms with Crippen LogP contribution in [0.2, 0.25) is 0 Å². The van der Waals surface area contributed by atoms with Gasteiger partial charge in [0.15, 0.2) is 0 Å². The molecule has 1 heteroatoms. The van der Waals surface area contributed by atoms with E-state index in [0.717, 1.165) is 11.5 Å². The highest BCUT2D eigenvalue weighted by Crippen LogP contribution is 2.40. The van der Waals surface area contributed by atoms with Gasteiger partial charge < -0.3 is 0 Å². The first-order valence-corrected chi connectivity index (χ1v) is 4.38. The van der Waals surface area contributed by atoms with Gasteiger partial charge in [-0.3, -0.25) is 4.98 Å². The Hall–Kier alpha value is -1.11. The molecule has 1 heterocycles. The van der Waals surface area contributed by atoms with Gasteiger partial charge in [-0.1, -0.05) is 6.58 Å². The predicted octanol–water partition coefficient (Wildman–Crippen LogP) is 2.99. The Labute approximate surface area is 73.1 Å². The summed E-state index contributed by atoms with van der Waals surface area (Å²) in [6.07, 6.45) is 6.53. The molecule has 1 fully saturated rings. The van der Waals surface area contributed by atoms with Crippen LogP contribution < -0.4 is 0 Å². The fourth-order valence-corrected chi connectivity index (χ4v) is 1.33. The molecule has 0 aromatic carbocycles. The molecule has 0 aliphatic heterocycles. The minimum Gasteiger partial charge on any atom is -0.264 e. The standard InChI is InChI=1S/C11H13N/c1-8(2)10-5-11(7-12-6-10)9-3-4-9/h5-7,9H,1,3-4H2,2H3. The maximum atomic E-state index is 4.21. The van der Waals surface area contributed by atoms with Crippen LogP contribution in [0.15, 0.2) is 25.0 Å². The quantitative estimate of drug-likeness (QED) is 0.646. The number of aromatic nitrogens is 1. The molecule has 1 aliphatic carbocycles. The van der Waals surface area contributed by atoms with E-state index in [2.05, 4.69) is 17.6 Å². The molecule has 0 N–H and O–H groups in total. The van der Waals surface area contributed by atoms with E-state index in [-0.39, 0.29) is 0 Å². The Morgan fingerprint density at radius 1 is 1.50 bits per heavy atom. The van der Waals surface area contributed by atoms with Gasteiger partial charge in [0.2, 0.25) is 0 Å². The van der Waals surface area contributed by atoms with Crippen LogP contribution in [0.5, 0.6) is 0 Å². The van der Waals surface area contributed by atoms with Crippen LogP contribution in [0.3, 0.4) is 0 Å². The topological polar surface area (TPSA) is 12.9 Å². The SMILES string of the molecule is C=C(C)c1cncc(C2CC2)c1. The number of pyridine rings is 1. The van der Waals surface area contributed by atoms with Crippen molar-refractivity contribution in [1.82, 2.24) is 4.98 Å². The Morgan fingerprint density at radius 3 is 2.83 bits per heavy atom. The highest BCUT2D eigenvalue weighted by Gasteiger charge is 2.23. The van der Waals surface area contributed by atoms with Crippen LogP contribution in [0.4, 0.5) is 0 Å². The number of rotatable bonds is 2. The third-order valence-electron chi connectivity index (χ3n) is 2.30. The summed E-state index contributed by atoms with van der Waals surface area (Å²) in [6, 6.07) is 2.22. The van der Waals surface area contributed by atoms with Gasteiger partial charge >= 0.3 is 0 Å². The van der Waals surface area contributed by atoms with Crippen molar-refractivity contribution in [3.05, 3.63) is 36.2 Å². The van der Waals surface area contributed by atoms with Crippen molar-refractivity contribution in [2.75, 3.05) is 0 Å². The van der Waals surface area contributed by atoms with Crippen LogP contribution in [0.25, 0.3) is 5.57 Å². The van der Waals surface area contributed by atoms with Crippen LogP contribution in [0, 0.1) is 0 Å². The Bertz CT molecular complexity index is 311. The van der Waals surface area contributed by atoms with Gasteiger partial charge in [-0.25, -0.2) is 0 Å². The average molecular weight is 159 g/mol. The molecular formula is C11H13N. The predicted molar refractivity (Wildman–Crippen MR) is 50.9 cm³/mol. The maximum absolute atomic E-state index is 4.21. The van der Waals surface area contributed by atoms with Crippen LogP contribution >= 0.6 is 0 Å².